The van der Waals surface area contributed by atoms with Crippen LogP contribution in [-0.4, -0.2) is 104 Å². The van der Waals surface area contributed by atoms with Gasteiger partial charge in [0.05, 0.1) is 86.6 Å². The molecule has 1 aliphatic heterocycles. The molecule has 8 bridgehead atoms. The minimum atomic E-state index is -0.573. The topological polar surface area (TPSA) is 238 Å². The Kier molecular flexibility index (Phi) is 17.2. The van der Waals surface area contributed by atoms with E-state index in [0.29, 0.717) is 86.5 Å². The fourth-order valence-corrected chi connectivity index (χ4v) is 9.43. The van der Waals surface area contributed by atoms with Crippen LogP contribution in [0.15, 0.2) is 0 Å². The Bertz CT molecular complexity index is 2810. The summed E-state index contributed by atoms with van der Waals surface area (Å²) in [5, 5.41) is 1.94. The summed E-state index contributed by atoms with van der Waals surface area (Å²) in [5.74, 6) is -3.19. The SMILES string of the molecule is COC(=O)CCc1c2[nH]c(c1C)C(Br)=c1[nH]c(c(CC(=O)OC)c1CCC(=O)OC)=Cc1[nH]c(c(CC(=O)OC)c1CCC(=O)OC)C=c1[nH]c(c(CC(C)=O)c1CCC(=O)OC)=C2Br. The number of H-pyrrole nitrogens is 4. The zero-order valence-electron chi connectivity index (χ0n) is 37.5. The molecule has 5 rings (SSSR count). The number of carbonyl (C=O) groups excluding carboxylic acids is 7. The Morgan fingerprint density at radius 3 is 1.34 bits per heavy atom. The Morgan fingerprint density at radius 1 is 0.446 bits per heavy atom. The van der Waals surface area contributed by atoms with Gasteiger partial charge in [-0.3, -0.25) is 33.6 Å². The van der Waals surface area contributed by atoms with Crippen LogP contribution in [0, 0.1) is 6.92 Å². The first-order chi connectivity index (χ1) is 31.0. The van der Waals surface area contributed by atoms with Crippen LogP contribution in [0.25, 0.3) is 21.1 Å². The molecule has 348 valence electrons. The smallest absolute Gasteiger partial charge is 0.310 e. The van der Waals surface area contributed by atoms with E-state index in [0.717, 1.165) is 11.1 Å². The number of ketones is 1. The third-order valence-electron chi connectivity index (χ3n) is 11.4. The third-order valence-corrected chi connectivity index (χ3v) is 13.0. The number of hydrogen-bond acceptors (Lipinski definition) is 13. The Balaban J connectivity index is 2.10. The number of ether oxygens (including phenoxy) is 6. The zero-order chi connectivity index (χ0) is 47.7. The number of rotatable bonds is 18. The maximum absolute atomic E-state index is 13.2. The molecule has 0 aromatic carbocycles. The molecule has 5 heterocycles. The van der Waals surface area contributed by atoms with Gasteiger partial charge in [0.25, 0.3) is 0 Å². The van der Waals surface area contributed by atoms with Crippen molar-refractivity contribution in [2.24, 2.45) is 0 Å². The average molecular weight is 1030 g/mol. The second kappa shape index (κ2) is 22.3. The number of nitrogens with one attached hydrogen (secondary N) is 4. The first-order valence-electron chi connectivity index (χ1n) is 20.6. The molecule has 4 N–H and O–H groups in total. The van der Waals surface area contributed by atoms with Crippen molar-refractivity contribution in [3.05, 3.63) is 88.7 Å². The van der Waals surface area contributed by atoms with Crippen molar-refractivity contribution in [1.29, 1.82) is 0 Å². The van der Waals surface area contributed by atoms with Gasteiger partial charge < -0.3 is 48.4 Å². The lowest BCUT2D eigenvalue weighted by molar-refractivity contribution is -0.141. The van der Waals surface area contributed by atoms with Gasteiger partial charge in [-0.25, -0.2) is 0 Å². The van der Waals surface area contributed by atoms with Crippen molar-refractivity contribution in [3.63, 3.8) is 0 Å². The predicted octanol–water partition coefficient (Wildman–Crippen LogP) is 2.37. The molecule has 0 radical (unpaired) electrons. The van der Waals surface area contributed by atoms with E-state index in [9.17, 15) is 33.6 Å². The summed E-state index contributed by atoms with van der Waals surface area (Å²) in [6, 6.07) is 0. The molecule has 0 unspecified atom stereocenters. The van der Waals surface area contributed by atoms with E-state index in [2.05, 4.69) is 51.8 Å². The maximum Gasteiger partial charge on any atom is 0.310 e. The number of aromatic nitrogens is 4. The van der Waals surface area contributed by atoms with E-state index in [1.807, 2.05) is 6.92 Å². The van der Waals surface area contributed by atoms with Crippen LogP contribution in [0.1, 0.15) is 99.9 Å². The molecule has 1 aliphatic rings. The number of methoxy groups -OCH3 is 6. The van der Waals surface area contributed by atoms with Gasteiger partial charge >= 0.3 is 35.8 Å². The molecule has 0 atom stereocenters. The predicted molar refractivity (Wildman–Crippen MR) is 244 cm³/mol. The van der Waals surface area contributed by atoms with Crippen LogP contribution < -0.4 is 21.4 Å². The second-order valence-corrected chi connectivity index (χ2v) is 16.8. The maximum atomic E-state index is 13.2. The van der Waals surface area contributed by atoms with E-state index in [4.69, 9.17) is 28.4 Å². The highest BCUT2D eigenvalue weighted by Gasteiger charge is 2.27. The second-order valence-electron chi connectivity index (χ2n) is 15.2. The molecular formula is C46H52Br2N4O13. The van der Waals surface area contributed by atoms with Gasteiger partial charge in [0, 0.05) is 54.2 Å². The first kappa shape index (κ1) is 50.1. The van der Waals surface area contributed by atoms with Gasteiger partial charge in [-0.05, 0) is 128 Å². The van der Waals surface area contributed by atoms with Crippen LogP contribution in [0.4, 0.5) is 0 Å². The van der Waals surface area contributed by atoms with Crippen molar-refractivity contribution < 1.29 is 62.0 Å². The van der Waals surface area contributed by atoms with E-state index in [1.165, 1.54) is 49.6 Å². The summed E-state index contributed by atoms with van der Waals surface area (Å²) in [7, 11) is 7.71. The first-order valence-corrected chi connectivity index (χ1v) is 22.2. The number of Topliss-reactive ketones (excluding diaryl/α,β-unsaturated/α-hetero) is 1. The standard InChI is InChI=1S/C46H52Br2N4O13/c1-22(53)17-30-26(11-15-37(56)62-5)32-21-33-28(18-39(58)64-7)25(10-14-36(55)61-4)31(49-33)20-34-29(19-40(59)65-8)27(12-16-38(57)63-6)45(51-34)41(47)43-23(2)24(9-13-35(54)60-3)44(52-43)42(48)46(30)50-32/h20-21,49-52H,9-19H2,1-8H3. The molecule has 19 heteroatoms. The average Bonchev–Trinajstić information content (AvgIpc) is 4.01. The number of aromatic amines is 4. The fourth-order valence-electron chi connectivity index (χ4n) is 8.02. The van der Waals surface area contributed by atoms with Crippen molar-refractivity contribution in [1.82, 2.24) is 19.9 Å². The lowest BCUT2D eigenvalue weighted by Crippen LogP contribution is -2.17. The van der Waals surface area contributed by atoms with Crippen LogP contribution in [0.3, 0.4) is 0 Å². The lowest BCUT2D eigenvalue weighted by atomic mass is 9.98. The number of hydrogen-bond donors (Lipinski definition) is 4. The van der Waals surface area contributed by atoms with Crippen LogP contribution in [-0.2, 0) is 107 Å². The minimum Gasteiger partial charge on any atom is -0.469 e. The number of fused-ring (bicyclic) bond motifs is 8. The summed E-state index contributed by atoms with van der Waals surface area (Å²) in [4.78, 5) is 104. The molecule has 0 amide bonds. The van der Waals surface area contributed by atoms with Crippen LogP contribution in [0.5, 0.6) is 0 Å². The summed E-state index contributed by atoms with van der Waals surface area (Å²) < 4.78 is 31.4. The molecule has 0 fully saturated rings. The molecule has 0 saturated heterocycles. The van der Waals surface area contributed by atoms with Gasteiger partial charge in [0.15, 0.2) is 0 Å². The molecule has 0 saturated carbocycles. The fraction of sp³-hybridized carbons (Fsp3) is 0.413. The van der Waals surface area contributed by atoms with Gasteiger partial charge in [0.1, 0.15) is 5.78 Å². The highest BCUT2D eigenvalue weighted by molar-refractivity contribution is 9.15. The molecule has 17 nitrogen and oxygen atoms in total. The highest BCUT2D eigenvalue weighted by atomic mass is 79.9. The quantitative estimate of drug-likeness (QED) is 0.0829. The van der Waals surface area contributed by atoms with E-state index >= 15 is 0 Å². The van der Waals surface area contributed by atoms with E-state index in [-0.39, 0.29) is 76.4 Å². The summed E-state index contributed by atoms with van der Waals surface area (Å²) in [6.45, 7) is 3.35. The molecule has 4 aromatic rings. The molecule has 65 heavy (non-hydrogen) atoms. The normalized spacial score (nSPS) is 11.9. The van der Waals surface area contributed by atoms with Gasteiger partial charge in [-0.1, -0.05) is 0 Å². The number of esters is 6. The van der Waals surface area contributed by atoms with Crippen LogP contribution in [0.2, 0.25) is 0 Å². The van der Waals surface area contributed by atoms with E-state index < -0.39 is 35.8 Å². The summed E-state index contributed by atoms with van der Waals surface area (Å²) in [6.07, 6.45) is 3.57. The van der Waals surface area contributed by atoms with Crippen molar-refractivity contribution in [2.75, 3.05) is 42.7 Å². The monoisotopic (exact) mass is 1030 g/mol. The van der Waals surface area contributed by atoms with Gasteiger partial charge in [-0.2, -0.15) is 0 Å². The molecule has 0 spiro atoms. The molecule has 4 aromatic heterocycles. The van der Waals surface area contributed by atoms with E-state index in [1.54, 1.807) is 12.2 Å². The Labute approximate surface area is 390 Å². The third kappa shape index (κ3) is 11.5. The minimum absolute atomic E-state index is 0.0272. The Hall–Kier alpha value is -5.95. The van der Waals surface area contributed by atoms with Gasteiger partial charge in [-0.15, -0.1) is 0 Å². The summed E-state index contributed by atoms with van der Waals surface area (Å²) in [5.41, 5.74) is 6.87. The highest BCUT2D eigenvalue weighted by Crippen LogP contribution is 2.33. The van der Waals surface area contributed by atoms with Crippen molar-refractivity contribution in [3.8, 4) is 0 Å². The lowest BCUT2D eigenvalue weighted by Gasteiger charge is -2.07. The number of carbonyl (C=O) groups is 7. The Morgan fingerprint density at radius 2 is 0.846 bits per heavy atom. The number of halogens is 2. The summed E-state index contributed by atoms with van der Waals surface area (Å²) >= 11 is 7.76. The van der Waals surface area contributed by atoms with Gasteiger partial charge in [0.2, 0.25) is 0 Å². The zero-order valence-corrected chi connectivity index (χ0v) is 40.7. The van der Waals surface area contributed by atoms with Crippen LogP contribution >= 0.6 is 31.9 Å². The van der Waals surface area contributed by atoms with Crippen molar-refractivity contribution in [2.45, 2.75) is 84.5 Å². The molecular weight excluding hydrogens is 976 g/mol. The molecule has 0 aliphatic carbocycles. The van der Waals surface area contributed by atoms with Crippen molar-refractivity contribution >= 4 is 94.6 Å². The largest absolute Gasteiger partial charge is 0.469 e.